The van der Waals surface area contributed by atoms with Crippen molar-refractivity contribution < 1.29 is 5.11 Å². The number of hydrogen-bond donors (Lipinski definition) is 1. The minimum atomic E-state index is -0.280. The van der Waals surface area contributed by atoms with Gasteiger partial charge in [0.25, 0.3) is 0 Å². The second-order valence-electron chi connectivity index (χ2n) is 5.14. The fraction of sp³-hybridized carbons (Fsp3) is 0.538. The van der Waals surface area contributed by atoms with Crippen molar-refractivity contribution in [3.8, 4) is 0 Å². The molecule has 16 heavy (non-hydrogen) atoms. The van der Waals surface area contributed by atoms with E-state index in [0.29, 0.717) is 10.0 Å². The lowest BCUT2D eigenvalue weighted by Gasteiger charge is -2.26. The largest absolute Gasteiger partial charge is 0.393 e. The molecule has 0 saturated heterocycles. The summed E-state index contributed by atoms with van der Waals surface area (Å²) in [4.78, 5) is 0. The number of hydrogen-bond acceptors (Lipinski definition) is 1. The van der Waals surface area contributed by atoms with Crippen LogP contribution in [0.3, 0.4) is 0 Å². The molecule has 3 heteroatoms. The average molecular weight is 261 g/mol. The molecule has 0 aliphatic carbocycles. The summed E-state index contributed by atoms with van der Waals surface area (Å²) in [5.41, 5.74) is 1.21. The monoisotopic (exact) mass is 260 g/mol. The third-order valence-electron chi connectivity index (χ3n) is 2.51. The molecule has 0 radical (unpaired) electrons. The third-order valence-corrected chi connectivity index (χ3v) is 3.25. The van der Waals surface area contributed by atoms with Gasteiger partial charge in [-0.3, -0.25) is 0 Å². The molecular formula is C13H18Cl2O. The standard InChI is InChI=1S/C13H18Cl2O/c1-9(16)7-13(2,3)8-10-4-5-11(14)12(15)6-10/h4-6,9,16H,7-8H2,1-3H3. The molecule has 1 N–H and O–H groups in total. The molecule has 1 atom stereocenters. The van der Waals surface area contributed by atoms with E-state index in [1.807, 2.05) is 25.1 Å². The minimum Gasteiger partial charge on any atom is -0.393 e. The van der Waals surface area contributed by atoms with Crippen LogP contribution in [0.1, 0.15) is 32.8 Å². The Labute approximate surface area is 107 Å². The number of aliphatic hydroxyl groups is 1. The van der Waals surface area contributed by atoms with Crippen molar-refractivity contribution in [2.75, 3.05) is 0 Å². The summed E-state index contributed by atoms with van der Waals surface area (Å²) in [6, 6.07) is 5.70. The molecule has 1 aromatic rings. The van der Waals surface area contributed by atoms with Gasteiger partial charge in [-0.05, 0) is 42.9 Å². The van der Waals surface area contributed by atoms with Gasteiger partial charge < -0.3 is 5.11 Å². The molecule has 1 unspecified atom stereocenters. The van der Waals surface area contributed by atoms with Crippen LogP contribution in [0, 0.1) is 5.41 Å². The fourth-order valence-corrected chi connectivity index (χ4v) is 2.39. The smallest absolute Gasteiger partial charge is 0.0595 e. The van der Waals surface area contributed by atoms with Gasteiger partial charge in [0.15, 0.2) is 0 Å². The topological polar surface area (TPSA) is 20.2 Å². The van der Waals surface area contributed by atoms with Gasteiger partial charge in [-0.15, -0.1) is 0 Å². The molecular weight excluding hydrogens is 243 g/mol. The maximum atomic E-state index is 9.42. The van der Waals surface area contributed by atoms with Crippen molar-refractivity contribution >= 4 is 23.2 Å². The van der Waals surface area contributed by atoms with Crippen molar-refractivity contribution in [3.63, 3.8) is 0 Å². The maximum absolute atomic E-state index is 9.42. The second kappa shape index (κ2) is 5.39. The molecule has 0 amide bonds. The summed E-state index contributed by atoms with van der Waals surface area (Å²) in [6.45, 7) is 6.10. The summed E-state index contributed by atoms with van der Waals surface area (Å²) in [7, 11) is 0. The summed E-state index contributed by atoms with van der Waals surface area (Å²) in [5.74, 6) is 0. The predicted octanol–water partition coefficient (Wildman–Crippen LogP) is 4.33. The van der Waals surface area contributed by atoms with Crippen molar-refractivity contribution in [2.24, 2.45) is 5.41 Å². The van der Waals surface area contributed by atoms with E-state index in [1.165, 1.54) is 0 Å². The molecule has 1 aromatic carbocycles. The van der Waals surface area contributed by atoms with Crippen LogP contribution in [0.5, 0.6) is 0 Å². The summed E-state index contributed by atoms with van der Waals surface area (Å²) < 4.78 is 0. The summed E-state index contributed by atoms with van der Waals surface area (Å²) >= 11 is 11.8. The Bertz CT molecular complexity index is 359. The number of rotatable bonds is 4. The van der Waals surface area contributed by atoms with Gasteiger partial charge in [0, 0.05) is 0 Å². The van der Waals surface area contributed by atoms with Gasteiger partial charge in [-0.2, -0.15) is 0 Å². The number of aliphatic hydroxyl groups excluding tert-OH is 1. The maximum Gasteiger partial charge on any atom is 0.0595 e. The van der Waals surface area contributed by atoms with E-state index in [2.05, 4.69) is 13.8 Å². The van der Waals surface area contributed by atoms with E-state index in [9.17, 15) is 5.11 Å². The molecule has 0 fully saturated rings. The van der Waals surface area contributed by atoms with Gasteiger partial charge >= 0.3 is 0 Å². The Morgan fingerprint density at radius 3 is 2.38 bits per heavy atom. The lowest BCUT2D eigenvalue weighted by molar-refractivity contribution is 0.129. The second-order valence-corrected chi connectivity index (χ2v) is 5.96. The highest BCUT2D eigenvalue weighted by Crippen LogP contribution is 2.30. The molecule has 1 nitrogen and oxygen atoms in total. The molecule has 1 rings (SSSR count). The molecule has 0 heterocycles. The Kier molecular flexibility index (Phi) is 4.66. The van der Waals surface area contributed by atoms with E-state index in [4.69, 9.17) is 23.2 Å². The van der Waals surface area contributed by atoms with Crippen molar-refractivity contribution in [1.82, 2.24) is 0 Å². The molecule has 0 aliphatic heterocycles. The highest BCUT2D eigenvalue weighted by molar-refractivity contribution is 6.42. The normalized spacial score (nSPS) is 13.9. The first-order chi connectivity index (χ1) is 7.30. The minimum absolute atomic E-state index is 0.0608. The Morgan fingerprint density at radius 2 is 1.88 bits per heavy atom. The number of benzene rings is 1. The zero-order valence-electron chi connectivity index (χ0n) is 9.93. The molecule has 90 valence electrons. The van der Waals surface area contributed by atoms with Gasteiger partial charge in [0.2, 0.25) is 0 Å². The number of halogens is 2. The van der Waals surface area contributed by atoms with Gasteiger partial charge in [0.1, 0.15) is 0 Å². The highest BCUT2D eigenvalue weighted by Gasteiger charge is 2.21. The Morgan fingerprint density at radius 1 is 1.25 bits per heavy atom. The van der Waals surface area contributed by atoms with Crippen LogP contribution in [-0.2, 0) is 6.42 Å². The summed E-state index contributed by atoms with van der Waals surface area (Å²) in [6.07, 6.45) is 1.37. The van der Waals surface area contributed by atoms with Crippen LogP contribution in [-0.4, -0.2) is 11.2 Å². The fourth-order valence-electron chi connectivity index (χ4n) is 2.07. The van der Waals surface area contributed by atoms with Gasteiger partial charge in [-0.25, -0.2) is 0 Å². The SMILES string of the molecule is CC(O)CC(C)(C)Cc1ccc(Cl)c(Cl)c1. The van der Waals surface area contributed by atoms with E-state index >= 15 is 0 Å². The molecule has 0 saturated carbocycles. The van der Waals surface area contributed by atoms with Crippen molar-refractivity contribution in [3.05, 3.63) is 33.8 Å². The predicted molar refractivity (Wildman–Crippen MR) is 70.2 cm³/mol. The van der Waals surface area contributed by atoms with E-state index in [1.54, 1.807) is 0 Å². The first-order valence-corrected chi connectivity index (χ1v) is 6.18. The van der Waals surface area contributed by atoms with Gasteiger partial charge in [-0.1, -0.05) is 43.1 Å². The lowest BCUT2D eigenvalue weighted by atomic mass is 9.81. The molecule has 0 aliphatic rings. The van der Waals surface area contributed by atoms with Crippen LogP contribution in [0.2, 0.25) is 10.0 Å². The molecule has 0 spiro atoms. The zero-order chi connectivity index (χ0) is 12.3. The first-order valence-electron chi connectivity index (χ1n) is 5.42. The van der Waals surface area contributed by atoms with Crippen LogP contribution >= 0.6 is 23.2 Å². The Balaban J connectivity index is 2.76. The van der Waals surface area contributed by atoms with Gasteiger partial charge in [0.05, 0.1) is 16.1 Å². The van der Waals surface area contributed by atoms with Crippen LogP contribution < -0.4 is 0 Å². The Hall–Kier alpha value is -0.240. The average Bonchev–Trinajstić information content (AvgIpc) is 2.08. The van der Waals surface area contributed by atoms with E-state index in [-0.39, 0.29) is 11.5 Å². The lowest BCUT2D eigenvalue weighted by Crippen LogP contribution is -2.21. The third kappa shape index (κ3) is 4.32. The van der Waals surface area contributed by atoms with Crippen LogP contribution in [0.15, 0.2) is 18.2 Å². The zero-order valence-corrected chi connectivity index (χ0v) is 11.4. The van der Waals surface area contributed by atoms with Crippen molar-refractivity contribution in [2.45, 2.75) is 39.7 Å². The van der Waals surface area contributed by atoms with Crippen molar-refractivity contribution in [1.29, 1.82) is 0 Å². The van der Waals surface area contributed by atoms with E-state index in [0.717, 1.165) is 18.4 Å². The summed E-state index contributed by atoms with van der Waals surface area (Å²) in [5, 5.41) is 10.6. The van der Waals surface area contributed by atoms with Crippen LogP contribution in [0.25, 0.3) is 0 Å². The first kappa shape index (κ1) is 13.8. The van der Waals surface area contributed by atoms with E-state index < -0.39 is 0 Å². The molecule has 0 bridgehead atoms. The van der Waals surface area contributed by atoms with Crippen LogP contribution in [0.4, 0.5) is 0 Å². The molecule has 0 aromatic heterocycles. The highest BCUT2D eigenvalue weighted by atomic mass is 35.5. The quantitative estimate of drug-likeness (QED) is 0.855.